The van der Waals surface area contributed by atoms with E-state index < -0.39 is 0 Å². The van der Waals surface area contributed by atoms with Crippen LogP contribution in [0.5, 0.6) is 0 Å². The number of rotatable bonds is 7. The number of benzene rings is 1. The summed E-state index contributed by atoms with van der Waals surface area (Å²) in [6, 6.07) is 7.64. The summed E-state index contributed by atoms with van der Waals surface area (Å²) in [5, 5.41) is 0.733. The number of hydrogen-bond donors (Lipinski definition) is 0. The van der Waals surface area contributed by atoms with E-state index in [9.17, 15) is 0 Å². The summed E-state index contributed by atoms with van der Waals surface area (Å²) in [6.45, 7) is 6.38. The molecular formula is C12H18ClNO2. The SMILES string of the molecule is CCOCN(COCC)c1ccc(Cl)cc1. The minimum atomic E-state index is 0.526. The minimum absolute atomic E-state index is 0.526. The van der Waals surface area contributed by atoms with Crippen molar-refractivity contribution < 1.29 is 9.47 Å². The third-order valence-electron chi connectivity index (χ3n) is 2.09. The molecule has 0 atom stereocenters. The standard InChI is InChI=1S/C12H18ClNO2/c1-3-15-9-14(10-16-4-2)12-7-5-11(13)6-8-12/h5-8H,3-4,9-10H2,1-2H3. The van der Waals surface area contributed by atoms with Crippen molar-refractivity contribution in [3.05, 3.63) is 29.3 Å². The van der Waals surface area contributed by atoms with Crippen LogP contribution in [0.25, 0.3) is 0 Å². The van der Waals surface area contributed by atoms with Crippen LogP contribution in [0.3, 0.4) is 0 Å². The molecule has 0 radical (unpaired) electrons. The van der Waals surface area contributed by atoms with E-state index in [1.165, 1.54) is 0 Å². The van der Waals surface area contributed by atoms with Gasteiger partial charge in [0.15, 0.2) is 0 Å². The first-order chi connectivity index (χ1) is 7.77. The lowest BCUT2D eigenvalue weighted by Crippen LogP contribution is -2.28. The molecule has 90 valence electrons. The Morgan fingerprint density at radius 1 is 1.00 bits per heavy atom. The summed E-state index contributed by atoms with van der Waals surface area (Å²) >= 11 is 5.84. The van der Waals surface area contributed by atoms with E-state index in [1.54, 1.807) is 0 Å². The molecule has 4 heteroatoms. The summed E-state index contributed by atoms with van der Waals surface area (Å²) in [7, 11) is 0. The van der Waals surface area contributed by atoms with Crippen LogP contribution in [0, 0.1) is 0 Å². The smallest absolute Gasteiger partial charge is 0.120 e. The Labute approximate surface area is 102 Å². The molecular weight excluding hydrogens is 226 g/mol. The Morgan fingerprint density at radius 2 is 1.50 bits per heavy atom. The molecule has 0 N–H and O–H groups in total. The number of anilines is 1. The van der Waals surface area contributed by atoms with Crippen molar-refractivity contribution in [3.8, 4) is 0 Å². The zero-order valence-electron chi connectivity index (χ0n) is 9.78. The maximum absolute atomic E-state index is 5.84. The second kappa shape index (κ2) is 7.49. The largest absolute Gasteiger partial charge is 0.361 e. The summed E-state index contributed by atoms with van der Waals surface area (Å²) in [6.07, 6.45) is 0. The van der Waals surface area contributed by atoms with Gasteiger partial charge >= 0.3 is 0 Å². The molecule has 16 heavy (non-hydrogen) atoms. The van der Waals surface area contributed by atoms with Crippen LogP contribution in [0.1, 0.15) is 13.8 Å². The normalized spacial score (nSPS) is 10.4. The molecule has 1 rings (SSSR count). The molecule has 0 aliphatic carbocycles. The second-order valence-electron chi connectivity index (χ2n) is 3.26. The molecule has 1 aromatic carbocycles. The third kappa shape index (κ3) is 4.39. The van der Waals surface area contributed by atoms with E-state index in [1.807, 2.05) is 43.0 Å². The lowest BCUT2D eigenvalue weighted by molar-refractivity contribution is 0.0960. The minimum Gasteiger partial charge on any atom is -0.361 e. The van der Waals surface area contributed by atoms with Gasteiger partial charge in [-0.05, 0) is 38.1 Å². The number of hydrogen-bond acceptors (Lipinski definition) is 3. The summed E-state index contributed by atoms with van der Waals surface area (Å²) < 4.78 is 10.8. The first-order valence-corrected chi connectivity index (χ1v) is 5.81. The van der Waals surface area contributed by atoms with Gasteiger partial charge in [-0.3, -0.25) is 0 Å². The van der Waals surface area contributed by atoms with Crippen LogP contribution >= 0.6 is 11.6 Å². The van der Waals surface area contributed by atoms with E-state index in [0.29, 0.717) is 26.7 Å². The van der Waals surface area contributed by atoms with Gasteiger partial charge in [0, 0.05) is 23.9 Å². The molecule has 0 unspecified atom stereocenters. The molecule has 0 saturated carbocycles. The molecule has 0 saturated heterocycles. The molecule has 3 nitrogen and oxygen atoms in total. The Kier molecular flexibility index (Phi) is 6.23. The fourth-order valence-corrected chi connectivity index (χ4v) is 1.37. The third-order valence-corrected chi connectivity index (χ3v) is 2.35. The highest BCUT2D eigenvalue weighted by molar-refractivity contribution is 6.30. The van der Waals surface area contributed by atoms with Gasteiger partial charge in [0.2, 0.25) is 0 Å². The quantitative estimate of drug-likeness (QED) is 0.687. The van der Waals surface area contributed by atoms with Gasteiger partial charge < -0.3 is 14.4 Å². The van der Waals surface area contributed by atoms with Crippen LogP contribution in [0.4, 0.5) is 5.69 Å². The van der Waals surface area contributed by atoms with Gasteiger partial charge in [-0.2, -0.15) is 0 Å². The van der Waals surface area contributed by atoms with Crippen molar-refractivity contribution in [2.45, 2.75) is 13.8 Å². The van der Waals surface area contributed by atoms with Crippen LogP contribution in [0.15, 0.2) is 24.3 Å². The molecule has 1 aromatic rings. The van der Waals surface area contributed by atoms with Crippen molar-refractivity contribution in [2.75, 3.05) is 31.6 Å². The molecule has 0 fully saturated rings. The maximum atomic E-state index is 5.84. The van der Waals surface area contributed by atoms with Gasteiger partial charge in [-0.15, -0.1) is 0 Å². The van der Waals surface area contributed by atoms with E-state index in [4.69, 9.17) is 21.1 Å². The highest BCUT2D eigenvalue weighted by atomic mass is 35.5. The van der Waals surface area contributed by atoms with Crippen LogP contribution in [-0.4, -0.2) is 26.7 Å². The summed E-state index contributed by atoms with van der Waals surface area (Å²) in [5.41, 5.74) is 1.05. The number of ether oxygens (including phenoxy) is 2. The lowest BCUT2D eigenvalue weighted by atomic mass is 10.3. The molecule has 0 aromatic heterocycles. The number of nitrogens with zero attached hydrogens (tertiary/aromatic N) is 1. The van der Waals surface area contributed by atoms with Gasteiger partial charge in [0.25, 0.3) is 0 Å². The Balaban J connectivity index is 2.62. The predicted octanol–water partition coefficient (Wildman–Crippen LogP) is 3.13. The van der Waals surface area contributed by atoms with Crippen molar-refractivity contribution in [1.29, 1.82) is 0 Å². The van der Waals surface area contributed by atoms with Gasteiger partial charge in [-0.25, -0.2) is 0 Å². The number of halogens is 1. The topological polar surface area (TPSA) is 21.7 Å². The average Bonchev–Trinajstić information content (AvgIpc) is 2.31. The van der Waals surface area contributed by atoms with Crippen LogP contribution < -0.4 is 4.90 Å². The van der Waals surface area contributed by atoms with E-state index in [-0.39, 0.29) is 0 Å². The summed E-state index contributed by atoms with van der Waals surface area (Å²) in [5.74, 6) is 0. The predicted molar refractivity (Wildman–Crippen MR) is 66.9 cm³/mol. The van der Waals surface area contributed by atoms with Gasteiger partial charge in [-0.1, -0.05) is 11.6 Å². The fraction of sp³-hybridized carbons (Fsp3) is 0.500. The van der Waals surface area contributed by atoms with Crippen molar-refractivity contribution in [1.82, 2.24) is 0 Å². The second-order valence-corrected chi connectivity index (χ2v) is 3.70. The van der Waals surface area contributed by atoms with Gasteiger partial charge in [0.05, 0.1) is 0 Å². The van der Waals surface area contributed by atoms with Crippen LogP contribution in [0.2, 0.25) is 5.02 Å². The zero-order chi connectivity index (χ0) is 11.8. The van der Waals surface area contributed by atoms with E-state index >= 15 is 0 Å². The van der Waals surface area contributed by atoms with E-state index in [0.717, 1.165) is 10.7 Å². The first kappa shape index (κ1) is 13.3. The summed E-state index contributed by atoms with van der Waals surface area (Å²) in [4.78, 5) is 2.02. The molecule has 0 aliphatic heterocycles. The molecule has 0 amide bonds. The molecule has 0 bridgehead atoms. The average molecular weight is 244 g/mol. The van der Waals surface area contributed by atoms with Crippen molar-refractivity contribution >= 4 is 17.3 Å². The van der Waals surface area contributed by atoms with Gasteiger partial charge in [0.1, 0.15) is 13.5 Å². The highest BCUT2D eigenvalue weighted by Gasteiger charge is 2.05. The van der Waals surface area contributed by atoms with Crippen molar-refractivity contribution in [3.63, 3.8) is 0 Å². The zero-order valence-corrected chi connectivity index (χ0v) is 10.5. The lowest BCUT2D eigenvalue weighted by Gasteiger charge is -2.23. The first-order valence-electron chi connectivity index (χ1n) is 5.44. The Hall–Kier alpha value is -0.770. The van der Waals surface area contributed by atoms with Crippen molar-refractivity contribution in [2.24, 2.45) is 0 Å². The molecule has 0 spiro atoms. The molecule has 0 aliphatic rings. The Bertz CT molecular complexity index is 282. The van der Waals surface area contributed by atoms with E-state index in [2.05, 4.69) is 0 Å². The monoisotopic (exact) mass is 243 g/mol. The Morgan fingerprint density at radius 3 is 1.94 bits per heavy atom. The maximum Gasteiger partial charge on any atom is 0.120 e. The fourth-order valence-electron chi connectivity index (χ4n) is 1.24. The highest BCUT2D eigenvalue weighted by Crippen LogP contribution is 2.17. The molecule has 0 heterocycles. The van der Waals surface area contributed by atoms with Crippen LogP contribution in [-0.2, 0) is 9.47 Å².